The van der Waals surface area contributed by atoms with E-state index < -0.39 is 17.4 Å². The molecular formula is C12H9BrF2N2O. The molecule has 0 amide bonds. The topological polar surface area (TPSA) is 34.9 Å². The summed E-state index contributed by atoms with van der Waals surface area (Å²) in [7, 11) is 0. The third-order valence-corrected chi connectivity index (χ3v) is 3.30. The summed E-state index contributed by atoms with van der Waals surface area (Å²) in [6, 6.07) is 3.72. The molecule has 2 aromatic rings. The van der Waals surface area contributed by atoms with Crippen LogP contribution in [-0.4, -0.2) is 15.6 Å². The lowest BCUT2D eigenvalue weighted by Gasteiger charge is -2.06. The van der Waals surface area contributed by atoms with Gasteiger partial charge in [0.2, 0.25) is 5.78 Å². The molecule has 0 aliphatic carbocycles. The van der Waals surface area contributed by atoms with Crippen LogP contribution in [0, 0.1) is 11.6 Å². The monoisotopic (exact) mass is 314 g/mol. The molecule has 0 bridgehead atoms. The molecule has 2 rings (SSSR count). The minimum atomic E-state index is -1.07. The summed E-state index contributed by atoms with van der Waals surface area (Å²) in [6.07, 6.45) is 1.49. The number of hydrogen-bond acceptors (Lipinski definition) is 2. The molecule has 0 saturated heterocycles. The zero-order valence-corrected chi connectivity index (χ0v) is 11.0. The van der Waals surface area contributed by atoms with Gasteiger partial charge in [-0.3, -0.25) is 9.48 Å². The Morgan fingerprint density at radius 2 is 2.11 bits per heavy atom. The van der Waals surface area contributed by atoms with E-state index in [1.807, 2.05) is 6.92 Å². The molecule has 94 valence electrons. The van der Waals surface area contributed by atoms with Crippen molar-refractivity contribution >= 4 is 21.7 Å². The van der Waals surface area contributed by atoms with Crippen molar-refractivity contribution in [2.45, 2.75) is 13.5 Å². The number of aromatic nitrogens is 2. The fourth-order valence-electron chi connectivity index (χ4n) is 1.62. The van der Waals surface area contributed by atoms with Gasteiger partial charge in [-0.05, 0) is 41.1 Å². The van der Waals surface area contributed by atoms with E-state index in [2.05, 4.69) is 21.0 Å². The Morgan fingerprint density at radius 3 is 2.78 bits per heavy atom. The SMILES string of the molecule is CCn1nccc1C(=O)c1ccc(F)c(F)c1Br. The molecule has 0 aliphatic heterocycles. The van der Waals surface area contributed by atoms with E-state index >= 15 is 0 Å². The molecule has 3 nitrogen and oxygen atoms in total. The van der Waals surface area contributed by atoms with E-state index in [-0.39, 0.29) is 10.0 Å². The summed E-state index contributed by atoms with van der Waals surface area (Å²) >= 11 is 2.90. The van der Waals surface area contributed by atoms with Crippen molar-refractivity contribution in [3.63, 3.8) is 0 Å². The predicted molar refractivity (Wildman–Crippen MR) is 65.4 cm³/mol. The first-order chi connectivity index (χ1) is 8.56. The van der Waals surface area contributed by atoms with Crippen molar-refractivity contribution in [1.29, 1.82) is 0 Å². The Balaban J connectivity index is 2.50. The Kier molecular flexibility index (Phi) is 3.56. The fraction of sp³-hybridized carbons (Fsp3) is 0.167. The van der Waals surface area contributed by atoms with Crippen LogP contribution in [0.5, 0.6) is 0 Å². The van der Waals surface area contributed by atoms with E-state index in [1.165, 1.54) is 16.9 Å². The standard InChI is InChI=1S/C12H9BrF2N2O/c1-2-17-9(5-6-16-17)12(18)7-3-4-8(14)11(15)10(7)13/h3-6H,2H2,1H3. The van der Waals surface area contributed by atoms with Gasteiger partial charge in [0, 0.05) is 18.3 Å². The molecule has 0 spiro atoms. The average molecular weight is 315 g/mol. The Labute approximate surface area is 111 Å². The van der Waals surface area contributed by atoms with Crippen LogP contribution in [0.2, 0.25) is 0 Å². The quantitative estimate of drug-likeness (QED) is 0.644. The first-order valence-electron chi connectivity index (χ1n) is 5.26. The fourth-order valence-corrected chi connectivity index (χ4v) is 2.12. The number of ketones is 1. The summed E-state index contributed by atoms with van der Waals surface area (Å²) in [5, 5.41) is 3.96. The van der Waals surface area contributed by atoms with Crippen LogP contribution in [0.1, 0.15) is 23.0 Å². The van der Waals surface area contributed by atoms with Gasteiger partial charge in [0.05, 0.1) is 4.47 Å². The Bertz CT molecular complexity index is 610. The molecule has 1 aromatic heterocycles. The van der Waals surface area contributed by atoms with Gasteiger partial charge in [0.1, 0.15) is 5.69 Å². The van der Waals surface area contributed by atoms with E-state index in [0.717, 1.165) is 6.07 Å². The number of benzene rings is 1. The number of hydrogen-bond donors (Lipinski definition) is 0. The van der Waals surface area contributed by atoms with E-state index in [0.29, 0.717) is 12.2 Å². The van der Waals surface area contributed by atoms with Gasteiger partial charge in [0.15, 0.2) is 11.6 Å². The van der Waals surface area contributed by atoms with Crippen LogP contribution >= 0.6 is 15.9 Å². The highest BCUT2D eigenvalue weighted by Gasteiger charge is 2.20. The number of carbonyl (C=O) groups excluding carboxylic acids is 1. The molecule has 0 aliphatic rings. The highest BCUT2D eigenvalue weighted by atomic mass is 79.9. The normalized spacial score (nSPS) is 10.7. The molecule has 18 heavy (non-hydrogen) atoms. The zero-order chi connectivity index (χ0) is 13.3. The smallest absolute Gasteiger partial charge is 0.212 e. The van der Waals surface area contributed by atoms with Crippen LogP contribution in [0.25, 0.3) is 0 Å². The third-order valence-electron chi connectivity index (χ3n) is 2.53. The van der Waals surface area contributed by atoms with Crippen LogP contribution in [-0.2, 0) is 6.54 Å². The molecular weight excluding hydrogens is 306 g/mol. The zero-order valence-electron chi connectivity index (χ0n) is 9.45. The molecule has 0 radical (unpaired) electrons. The van der Waals surface area contributed by atoms with Crippen LogP contribution in [0.3, 0.4) is 0 Å². The maximum atomic E-state index is 13.4. The summed E-state index contributed by atoms with van der Waals surface area (Å²) < 4.78 is 27.7. The molecule has 1 heterocycles. The highest BCUT2D eigenvalue weighted by Crippen LogP contribution is 2.25. The lowest BCUT2D eigenvalue weighted by molar-refractivity contribution is 0.102. The van der Waals surface area contributed by atoms with Gasteiger partial charge >= 0.3 is 0 Å². The second-order valence-corrected chi connectivity index (χ2v) is 4.38. The molecule has 6 heteroatoms. The van der Waals surface area contributed by atoms with E-state index in [1.54, 1.807) is 6.07 Å². The summed E-state index contributed by atoms with van der Waals surface area (Å²) in [6.45, 7) is 2.36. The third kappa shape index (κ3) is 2.08. The molecule has 0 N–H and O–H groups in total. The molecule has 0 saturated carbocycles. The van der Waals surface area contributed by atoms with Gasteiger partial charge in [-0.2, -0.15) is 5.10 Å². The van der Waals surface area contributed by atoms with Crippen molar-refractivity contribution in [1.82, 2.24) is 9.78 Å². The highest BCUT2D eigenvalue weighted by molar-refractivity contribution is 9.10. The van der Waals surface area contributed by atoms with Crippen LogP contribution < -0.4 is 0 Å². The van der Waals surface area contributed by atoms with E-state index in [4.69, 9.17) is 0 Å². The number of halogens is 3. The Morgan fingerprint density at radius 1 is 1.39 bits per heavy atom. The van der Waals surface area contributed by atoms with Crippen molar-refractivity contribution < 1.29 is 13.6 Å². The van der Waals surface area contributed by atoms with E-state index in [9.17, 15) is 13.6 Å². The predicted octanol–water partition coefficient (Wildman–Crippen LogP) is 3.17. The van der Waals surface area contributed by atoms with Gasteiger partial charge in [-0.1, -0.05) is 0 Å². The van der Waals surface area contributed by atoms with Gasteiger partial charge < -0.3 is 0 Å². The summed E-state index contributed by atoms with van der Waals surface area (Å²) in [5.41, 5.74) is 0.410. The minimum absolute atomic E-state index is 0.0732. The lowest BCUT2D eigenvalue weighted by atomic mass is 10.1. The maximum absolute atomic E-state index is 13.4. The molecule has 1 aromatic carbocycles. The Hall–Kier alpha value is -1.56. The van der Waals surface area contributed by atoms with Crippen molar-refractivity contribution in [3.8, 4) is 0 Å². The second kappa shape index (κ2) is 4.97. The van der Waals surface area contributed by atoms with Gasteiger partial charge in [-0.25, -0.2) is 8.78 Å². The number of rotatable bonds is 3. The summed E-state index contributed by atoms with van der Waals surface area (Å²) in [5.74, 6) is -2.47. The number of nitrogens with zero attached hydrogens (tertiary/aromatic N) is 2. The molecule has 0 atom stereocenters. The second-order valence-electron chi connectivity index (χ2n) is 3.58. The van der Waals surface area contributed by atoms with Gasteiger partial charge in [-0.15, -0.1) is 0 Å². The largest absolute Gasteiger partial charge is 0.287 e. The lowest BCUT2D eigenvalue weighted by Crippen LogP contribution is -2.11. The van der Waals surface area contributed by atoms with Crippen LogP contribution in [0.15, 0.2) is 28.9 Å². The first-order valence-corrected chi connectivity index (χ1v) is 6.05. The minimum Gasteiger partial charge on any atom is -0.287 e. The van der Waals surface area contributed by atoms with Crippen LogP contribution in [0.4, 0.5) is 8.78 Å². The maximum Gasteiger partial charge on any atom is 0.212 e. The average Bonchev–Trinajstić information content (AvgIpc) is 2.83. The van der Waals surface area contributed by atoms with Crippen molar-refractivity contribution in [2.24, 2.45) is 0 Å². The first kappa shape index (κ1) is 12.9. The number of aryl methyl sites for hydroxylation is 1. The molecule has 0 fully saturated rings. The van der Waals surface area contributed by atoms with Crippen molar-refractivity contribution in [3.05, 3.63) is 51.8 Å². The number of carbonyl (C=O) groups is 1. The van der Waals surface area contributed by atoms with Crippen molar-refractivity contribution in [2.75, 3.05) is 0 Å². The molecule has 0 unspecified atom stereocenters. The summed E-state index contributed by atoms with van der Waals surface area (Å²) in [4.78, 5) is 12.2. The van der Waals surface area contributed by atoms with Gasteiger partial charge in [0.25, 0.3) is 0 Å².